The van der Waals surface area contributed by atoms with Crippen molar-refractivity contribution in [1.82, 2.24) is 19.9 Å². The molecule has 2 atom stereocenters. The van der Waals surface area contributed by atoms with Crippen LogP contribution in [0.25, 0.3) is 0 Å². The van der Waals surface area contributed by atoms with Crippen molar-refractivity contribution in [3.8, 4) is 5.75 Å². The normalized spacial score (nSPS) is 17.2. The van der Waals surface area contributed by atoms with Crippen LogP contribution >= 0.6 is 12.2 Å². The number of methoxy groups -OCH3 is 1. The molecule has 1 aliphatic heterocycles. The average molecular weight is 563 g/mol. The second kappa shape index (κ2) is 10.7. The lowest BCUT2D eigenvalue weighted by Gasteiger charge is -2.29. The molecule has 0 unspecified atom stereocenters. The number of hydrogen-bond donors (Lipinski definition) is 2. The third-order valence-corrected chi connectivity index (χ3v) is 7.76. The van der Waals surface area contributed by atoms with E-state index in [1.165, 1.54) is 7.11 Å². The van der Waals surface area contributed by atoms with E-state index in [1.807, 2.05) is 36.5 Å². The summed E-state index contributed by atoms with van der Waals surface area (Å²) in [6.07, 6.45) is 6.54. The molecule has 9 nitrogen and oxygen atoms in total. The quantitative estimate of drug-likeness (QED) is 0.303. The van der Waals surface area contributed by atoms with Crippen molar-refractivity contribution in [3.05, 3.63) is 101 Å². The number of nitrogens with one attached hydrogen (secondary N) is 2. The monoisotopic (exact) mass is 562 g/mol. The zero-order chi connectivity index (χ0) is 27.7. The Morgan fingerprint density at radius 1 is 1.10 bits per heavy atom. The number of pyridine rings is 2. The SMILES string of the molecule is COc1cc(N2C(=S)N[C@H](c3ccccn3)[C@H]2c2cc(C)n(Cc3cccnc3)c2C)ccc1NS(C)(=O)=O. The molecule has 4 aromatic rings. The maximum Gasteiger partial charge on any atom is 0.229 e. The Kier molecular flexibility index (Phi) is 7.28. The minimum absolute atomic E-state index is 0.217. The Labute approximate surface area is 233 Å². The molecule has 2 N–H and O–H groups in total. The number of hydrogen-bond acceptors (Lipinski definition) is 6. The summed E-state index contributed by atoms with van der Waals surface area (Å²) in [6.45, 7) is 4.92. The molecule has 0 spiro atoms. The Hall–Kier alpha value is -3.96. The number of nitrogens with zero attached hydrogens (tertiary/aromatic N) is 4. The summed E-state index contributed by atoms with van der Waals surface area (Å²) in [5.74, 6) is 0.391. The van der Waals surface area contributed by atoms with Gasteiger partial charge in [-0.15, -0.1) is 0 Å². The van der Waals surface area contributed by atoms with Gasteiger partial charge in [-0.2, -0.15) is 0 Å². The highest BCUT2D eigenvalue weighted by atomic mass is 32.2. The van der Waals surface area contributed by atoms with Gasteiger partial charge >= 0.3 is 0 Å². The lowest BCUT2D eigenvalue weighted by atomic mass is 9.96. The summed E-state index contributed by atoms with van der Waals surface area (Å²) in [4.78, 5) is 11.0. The van der Waals surface area contributed by atoms with Crippen LogP contribution in [0, 0.1) is 13.8 Å². The van der Waals surface area contributed by atoms with Crippen molar-refractivity contribution in [1.29, 1.82) is 0 Å². The molecule has 1 fully saturated rings. The molecule has 39 heavy (non-hydrogen) atoms. The van der Waals surface area contributed by atoms with Crippen LogP contribution in [-0.4, -0.2) is 41.4 Å². The van der Waals surface area contributed by atoms with Gasteiger partial charge in [0.05, 0.1) is 36.8 Å². The van der Waals surface area contributed by atoms with E-state index < -0.39 is 10.0 Å². The lowest BCUT2D eigenvalue weighted by molar-refractivity contribution is 0.417. The van der Waals surface area contributed by atoms with Crippen LogP contribution in [0.1, 0.15) is 40.3 Å². The molecule has 202 valence electrons. The third-order valence-electron chi connectivity index (χ3n) is 6.85. The van der Waals surface area contributed by atoms with E-state index in [9.17, 15) is 8.42 Å². The number of aryl methyl sites for hydroxylation is 1. The van der Waals surface area contributed by atoms with Gasteiger partial charge < -0.3 is 19.5 Å². The minimum atomic E-state index is -3.48. The van der Waals surface area contributed by atoms with Gasteiger partial charge in [0.2, 0.25) is 10.0 Å². The molecule has 11 heteroatoms. The average Bonchev–Trinajstić information content (AvgIpc) is 3.40. The van der Waals surface area contributed by atoms with Gasteiger partial charge in [-0.1, -0.05) is 12.1 Å². The number of rotatable bonds is 8. The molecule has 0 bridgehead atoms. The van der Waals surface area contributed by atoms with Gasteiger partial charge in [0.1, 0.15) is 5.75 Å². The smallest absolute Gasteiger partial charge is 0.229 e. The van der Waals surface area contributed by atoms with Crippen molar-refractivity contribution >= 4 is 38.7 Å². The molecule has 5 rings (SSSR count). The Morgan fingerprint density at radius 2 is 1.92 bits per heavy atom. The first-order valence-corrected chi connectivity index (χ1v) is 14.7. The van der Waals surface area contributed by atoms with Gasteiger partial charge in [-0.25, -0.2) is 8.42 Å². The summed E-state index contributed by atoms with van der Waals surface area (Å²) in [5, 5.41) is 4.03. The maximum atomic E-state index is 11.9. The number of anilines is 2. The molecule has 0 aliphatic carbocycles. The number of ether oxygens (including phenoxy) is 1. The van der Waals surface area contributed by atoms with Crippen LogP contribution in [0.15, 0.2) is 73.2 Å². The van der Waals surface area contributed by atoms with Crippen LogP contribution in [0.3, 0.4) is 0 Å². The summed E-state index contributed by atoms with van der Waals surface area (Å²) in [6, 6.07) is 16.9. The molecule has 0 saturated carbocycles. The number of thiocarbonyl (C=S) groups is 1. The predicted octanol–water partition coefficient (Wildman–Crippen LogP) is 4.50. The van der Waals surface area contributed by atoms with Gasteiger partial charge in [0.15, 0.2) is 5.11 Å². The summed E-state index contributed by atoms with van der Waals surface area (Å²) in [5.41, 5.74) is 6.44. The molecule has 4 heterocycles. The number of benzene rings is 1. The predicted molar refractivity (Wildman–Crippen MR) is 157 cm³/mol. The van der Waals surface area contributed by atoms with E-state index in [4.69, 9.17) is 17.0 Å². The van der Waals surface area contributed by atoms with Crippen molar-refractivity contribution in [2.45, 2.75) is 32.5 Å². The van der Waals surface area contributed by atoms with Crippen molar-refractivity contribution in [3.63, 3.8) is 0 Å². The van der Waals surface area contributed by atoms with Crippen molar-refractivity contribution in [2.75, 3.05) is 23.0 Å². The fourth-order valence-electron chi connectivity index (χ4n) is 5.11. The molecule has 0 radical (unpaired) electrons. The number of aromatic nitrogens is 3. The van der Waals surface area contributed by atoms with E-state index in [1.54, 1.807) is 24.5 Å². The highest BCUT2D eigenvalue weighted by Crippen LogP contribution is 2.44. The van der Waals surface area contributed by atoms with Gasteiger partial charge in [0.25, 0.3) is 0 Å². The molecule has 0 amide bonds. The molecule has 1 aliphatic rings. The first-order chi connectivity index (χ1) is 18.7. The zero-order valence-electron chi connectivity index (χ0n) is 22.1. The fourth-order valence-corrected chi connectivity index (χ4v) is 6.02. The Balaban J connectivity index is 1.62. The van der Waals surface area contributed by atoms with Crippen LogP contribution < -0.4 is 19.7 Å². The molecular formula is C28H30N6O3S2. The lowest BCUT2D eigenvalue weighted by Crippen LogP contribution is -2.29. The molecule has 1 saturated heterocycles. The highest BCUT2D eigenvalue weighted by Gasteiger charge is 2.42. The second-order valence-electron chi connectivity index (χ2n) is 9.53. The van der Waals surface area contributed by atoms with Crippen LogP contribution in [0.4, 0.5) is 11.4 Å². The van der Waals surface area contributed by atoms with E-state index in [0.717, 1.165) is 40.2 Å². The molecule has 3 aromatic heterocycles. The van der Waals surface area contributed by atoms with E-state index in [0.29, 0.717) is 23.1 Å². The maximum absolute atomic E-state index is 11.9. The van der Waals surface area contributed by atoms with Crippen molar-refractivity contribution < 1.29 is 13.2 Å². The van der Waals surface area contributed by atoms with Gasteiger partial charge in [-0.05, 0) is 73.6 Å². The highest BCUT2D eigenvalue weighted by molar-refractivity contribution is 7.92. The Morgan fingerprint density at radius 3 is 2.59 bits per heavy atom. The second-order valence-corrected chi connectivity index (χ2v) is 11.7. The molecule has 1 aromatic carbocycles. The summed E-state index contributed by atoms with van der Waals surface area (Å²) < 4.78 is 34.1. The van der Waals surface area contributed by atoms with E-state index in [-0.39, 0.29) is 12.1 Å². The summed E-state index contributed by atoms with van der Waals surface area (Å²) in [7, 11) is -1.97. The van der Waals surface area contributed by atoms with Crippen LogP contribution in [-0.2, 0) is 16.6 Å². The van der Waals surface area contributed by atoms with Crippen LogP contribution in [0.2, 0.25) is 0 Å². The van der Waals surface area contributed by atoms with Gasteiger partial charge in [0, 0.05) is 48.3 Å². The first-order valence-electron chi connectivity index (χ1n) is 12.4. The largest absolute Gasteiger partial charge is 0.494 e. The standard InChI is InChI=1S/C28H30N6O3S2/c1-18-14-22(19(2)33(18)17-20-8-7-12-29-16-20)27-26(24-9-5-6-13-30-24)31-28(38)34(27)21-10-11-23(25(15-21)37-3)32-39(4,35)36/h5-16,26-27,32H,17H2,1-4H3,(H,31,38)/t26-,27-/m1/s1. The zero-order valence-corrected chi connectivity index (χ0v) is 23.8. The topological polar surface area (TPSA) is 101 Å². The molecular weight excluding hydrogens is 532 g/mol. The number of sulfonamides is 1. The van der Waals surface area contributed by atoms with E-state index >= 15 is 0 Å². The Bertz CT molecular complexity index is 1610. The fraction of sp³-hybridized carbons (Fsp3) is 0.250. The van der Waals surface area contributed by atoms with Gasteiger partial charge in [-0.3, -0.25) is 14.7 Å². The van der Waals surface area contributed by atoms with Crippen molar-refractivity contribution in [2.24, 2.45) is 0 Å². The van der Waals surface area contributed by atoms with E-state index in [2.05, 4.69) is 55.5 Å². The van der Waals surface area contributed by atoms with Crippen LogP contribution in [0.5, 0.6) is 5.75 Å². The summed E-state index contributed by atoms with van der Waals surface area (Å²) >= 11 is 5.88. The first kappa shape index (κ1) is 26.6. The minimum Gasteiger partial charge on any atom is -0.494 e. The third kappa shape index (κ3) is 5.45.